The Balaban J connectivity index is 0.000000228. The molecule has 0 aromatic carbocycles. The van der Waals surface area contributed by atoms with Crippen LogP contribution in [0.4, 0.5) is 0 Å². The van der Waals surface area contributed by atoms with E-state index in [0.717, 1.165) is 24.2 Å². The molecule has 0 spiro atoms. The molecular formula is C29H63N5. The number of nitrogens with zero attached hydrogens (tertiary/aromatic N) is 5. The molecule has 0 aliphatic carbocycles. The van der Waals surface area contributed by atoms with Crippen LogP contribution in [0.3, 0.4) is 0 Å². The number of hydrogen-bond donors (Lipinski definition) is 0. The molecule has 4 aliphatic rings. The highest BCUT2D eigenvalue weighted by Gasteiger charge is 2.16. The van der Waals surface area contributed by atoms with E-state index >= 15 is 0 Å². The molecule has 0 aromatic rings. The highest BCUT2D eigenvalue weighted by molar-refractivity contribution is 4.72. The van der Waals surface area contributed by atoms with Crippen LogP contribution in [0.25, 0.3) is 0 Å². The van der Waals surface area contributed by atoms with Gasteiger partial charge in [-0.1, -0.05) is 6.42 Å². The molecule has 4 heterocycles. The molecule has 34 heavy (non-hydrogen) atoms. The summed E-state index contributed by atoms with van der Waals surface area (Å²) >= 11 is 0. The minimum absolute atomic E-state index is 0.730. The van der Waals surface area contributed by atoms with Crippen molar-refractivity contribution in [2.24, 2.45) is 0 Å². The summed E-state index contributed by atoms with van der Waals surface area (Å²) < 4.78 is 0. The first-order valence-electron chi connectivity index (χ1n) is 14.8. The van der Waals surface area contributed by atoms with Gasteiger partial charge in [0.2, 0.25) is 0 Å². The van der Waals surface area contributed by atoms with Crippen molar-refractivity contribution in [1.29, 1.82) is 0 Å². The Kier molecular flexibility index (Phi) is 17.0. The fourth-order valence-electron chi connectivity index (χ4n) is 4.89. The lowest BCUT2D eigenvalue weighted by atomic mass is 10.1. The van der Waals surface area contributed by atoms with Crippen molar-refractivity contribution in [2.45, 2.75) is 118 Å². The first-order chi connectivity index (χ1) is 16.1. The highest BCUT2D eigenvalue weighted by Crippen LogP contribution is 2.11. The van der Waals surface area contributed by atoms with Gasteiger partial charge >= 0.3 is 0 Å². The zero-order chi connectivity index (χ0) is 25.5. The van der Waals surface area contributed by atoms with Gasteiger partial charge in [0.15, 0.2) is 0 Å². The van der Waals surface area contributed by atoms with Gasteiger partial charge in [-0.3, -0.25) is 4.90 Å². The molecule has 0 unspecified atom stereocenters. The van der Waals surface area contributed by atoms with Gasteiger partial charge in [0, 0.05) is 50.3 Å². The summed E-state index contributed by atoms with van der Waals surface area (Å²) in [6, 6.07) is 3.06. The van der Waals surface area contributed by atoms with Gasteiger partial charge in [-0.2, -0.15) is 0 Å². The maximum Gasteiger partial charge on any atom is 0.0112 e. The molecule has 4 aliphatic heterocycles. The molecule has 0 N–H and O–H groups in total. The van der Waals surface area contributed by atoms with E-state index in [1.54, 1.807) is 0 Å². The van der Waals surface area contributed by atoms with Crippen LogP contribution in [0, 0.1) is 0 Å². The average Bonchev–Trinajstić information content (AvgIpc) is 3.30. The number of hydrogen-bond acceptors (Lipinski definition) is 5. The highest BCUT2D eigenvalue weighted by atomic mass is 15.3. The number of likely N-dealkylation sites (tertiary alicyclic amines) is 3. The molecular weight excluding hydrogens is 418 g/mol. The zero-order valence-corrected chi connectivity index (χ0v) is 24.9. The molecule has 4 fully saturated rings. The third-order valence-electron chi connectivity index (χ3n) is 7.88. The number of piperazine rings is 1. The standard InChI is InChI=1S/C8H18N2.C8H17N.C7H15N.C6H13N/c1-8(2)10-6-4-9(3)5-7-10;1-8(2)9-6-4-3-5-7-9;1-7(2)8-5-3-4-6-8;1-6(2)7-4-3-5-7/h8H,4-7H2,1-3H3;8H,3-7H2,1-2H3;7H,3-6H2,1-2H3;6H,3-5H2,1-2H3. The maximum absolute atomic E-state index is 2.56. The lowest BCUT2D eigenvalue weighted by Gasteiger charge is -2.34. The minimum Gasteiger partial charge on any atom is -0.304 e. The normalized spacial score (nSPS) is 23.2. The summed E-state index contributed by atoms with van der Waals surface area (Å²) in [5.74, 6) is 0. The van der Waals surface area contributed by atoms with E-state index in [2.05, 4.69) is 86.9 Å². The SMILES string of the molecule is CC(C)N1CCC1.CC(C)N1CCCC1.CC(C)N1CCCCC1.CC(C)N1CCN(C)CC1. The van der Waals surface area contributed by atoms with Crippen LogP contribution in [0.2, 0.25) is 0 Å². The maximum atomic E-state index is 2.56. The van der Waals surface area contributed by atoms with Gasteiger partial charge < -0.3 is 19.6 Å². The molecule has 5 nitrogen and oxygen atoms in total. The van der Waals surface area contributed by atoms with Gasteiger partial charge in [-0.25, -0.2) is 0 Å². The van der Waals surface area contributed by atoms with Crippen LogP contribution in [0.5, 0.6) is 0 Å². The quantitative estimate of drug-likeness (QED) is 0.553. The van der Waals surface area contributed by atoms with Crippen LogP contribution in [0.1, 0.15) is 93.9 Å². The second kappa shape index (κ2) is 18.1. The molecule has 5 heteroatoms. The third-order valence-corrected chi connectivity index (χ3v) is 7.88. The lowest BCUT2D eigenvalue weighted by Crippen LogP contribution is -2.47. The lowest BCUT2D eigenvalue weighted by molar-refractivity contribution is 0.126. The summed E-state index contributed by atoms with van der Waals surface area (Å²) in [6.45, 7) is 31.1. The Morgan fingerprint density at radius 1 is 0.324 bits per heavy atom. The van der Waals surface area contributed by atoms with Crippen LogP contribution < -0.4 is 0 Å². The van der Waals surface area contributed by atoms with Crippen molar-refractivity contribution in [3.05, 3.63) is 0 Å². The topological polar surface area (TPSA) is 16.2 Å². The van der Waals surface area contributed by atoms with E-state index < -0.39 is 0 Å². The van der Waals surface area contributed by atoms with Crippen LogP contribution in [0.15, 0.2) is 0 Å². The number of piperidine rings is 1. The van der Waals surface area contributed by atoms with Gasteiger partial charge in [0.1, 0.15) is 0 Å². The van der Waals surface area contributed by atoms with Gasteiger partial charge in [-0.05, 0) is 134 Å². The fraction of sp³-hybridized carbons (Fsp3) is 1.00. The Hall–Kier alpha value is -0.200. The van der Waals surface area contributed by atoms with E-state index in [9.17, 15) is 0 Å². The predicted molar refractivity (Wildman–Crippen MR) is 152 cm³/mol. The molecule has 0 bridgehead atoms. The summed E-state index contributed by atoms with van der Waals surface area (Å²) in [5, 5.41) is 0. The predicted octanol–water partition coefficient (Wildman–Crippen LogP) is 5.11. The van der Waals surface area contributed by atoms with E-state index in [1.807, 2.05) is 0 Å². The summed E-state index contributed by atoms with van der Waals surface area (Å²) in [6.07, 6.45) is 8.52. The van der Waals surface area contributed by atoms with Crippen molar-refractivity contribution in [1.82, 2.24) is 24.5 Å². The van der Waals surface area contributed by atoms with E-state index in [1.165, 1.54) is 104 Å². The van der Waals surface area contributed by atoms with Crippen LogP contribution in [-0.4, -0.2) is 121 Å². The average molecular weight is 482 g/mol. The fourth-order valence-corrected chi connectivity index (χ4v) is 4.89. The van der Waals surface area contributed by atoms with E-state index in [4.69, 9.17) is 0 Å². The van der Waals surface area contributed by atoms with Crippen molar-refractivity contribution in [3.8, 4) is 0 Å². The molecule has 4 rings (SSSR count). The zero-order valence-electron chi connectivity index (χ0n) is 24.9. The monoisotopic (exact) mass is 482 g/mol. The molecule has 204 valence electrons. The molecule has 0 saturated carbocycles. The van der Waals surface area contributed by atoms with Crippen molar-refractivity contribution >= 4 is 0 Å². The largest absolute Gasteiger partial charge is 0.304 e. The minimum atomic E-state index is 0.730. The number of rotatable bonds is 4. The van der Waals surface area contributed by atoms with E-state index in [0.29, 0.717) is 0 Å². The summed E-state index contributed by atoms with van der Waals surface area (Å²) in [4.78, 5) is 12.5. The second-order valence-electron chi connectivity index (χ2n) is 11.9. The Morgan fingerprint density at radius 2 is 0.588 bits per heavy atom. The Bertz CT molecular complexity index is 455. The molecule has 0 aromatic heterocycles. The summed E-state index contributed by atoms with van der Waals surface area (Å²) in [7, 11) is 2.19. The van der Waals surface area contributed by atoms with E-state index in [-0.39, 0.29) is 0 Å². The van der Waals surface area contributed by atoms with Crippen molar-refractivity contribution in [2.75, 3.05) is 72.5 Å². The second-order valence-corrected chi connectivity index (χ2v) is 11.9. The van der Waals surface area contributed by atoms with Crippen molar-refractivity contribution < 1.29 is 0 Å². The first kappa shape index (κ1) is 31.8. The smallest absolute Gasteiger partial charge is 0.0112 e. The molecule has 0 radical (unpaired) electrons. The molecule has 4 saturated heterocycles. The van der Waals surface area contributed by atoms with Crippen molar-refractivity contribution in [3.63, 3.8) is 0 Å². The first-order valence-corrected chi connectivity index (χ1v) is 14.8. The van der Waals surface area contributed by atoms with Crippen LogP contribution in [-0.2, 0) is 0 Å². The van der Waals surface area contributed by atoms with Crippen LogP contribution >= 0.6 is 0 Å². The van der Waals surface area contributed by atoms with Gasteiger partial charge in [0.25, 0.3) is 0 Å². The summed E-state index contributed by atoms with van der Waals surface area (Å²) in [5.41, 5.74) is 0. The molecule has 0 amide bonds. The van der Waals surface area contributed by atoms with Gasteiger partial charge in [-0.15, -0.1) is 0 Å². The van der Waals surface area contributed by atoms with Gasteiger partial charge in [0.05, 0.1) is 0 Å². The third kappa shape index (κ3) is 13.8. The molecule has 0 atom stereocenters. The Labute approximate surface area is 215 Å². The Morgan fingerprint density at radius 3 is 0.824 bits per heavy atom. The number of likely N-dealkylation sites (N-methyl/N-ethyl adjacent to an activating group) is 1.